The molecular formula is C15H17N5O. The van der Waals surface area contributed by atoms with Crippen LogP contribution in [0.3, 0.4) is 0 Å². The van der Waals surface area contributed by atoms with Crippen LogP contribution in [0, 0.1) is 13.8 Å². The molecule has 4 rings (SSSR count). The smallest absolute Gasteiger partial charge is 0.249 e. The quantitative estimate of drug-likeness (QED) is 0.778. The predicted molar refractivity (Wildman–Crippen MR) is 80.3 cm³/mol. The fraction of sp³-hybridized carbons (Fsp3) is 0.467. The molecule has 0 aliphatic heterocycles. The van der Waals surface area contributed by atoms with Crippen LogP contribution in [0.25, 0.3) is 22.2 Å². The maximum absolute atomic E-state index is 5.87. The third kappa shape index (κ3) is 1.93. The van der Waals surface area contributed by atoms with Gasteiger partial charge in [0, 0.05) is 6.04 Å². The molecule has 1 aliphatic rings. The van der Waals surface area contributed by atoms with Gasteiger partial charge in [-0.15, -0.1) is 5.10 Å². The zero-order chi connectivity index (χ0) is 14.4. The summed E-state index contributed by atoms with van der Waals surface area (Å²) in [4.78, 5) is 8.75. The Morgan fingerprint density at radius 1 is 1.14 bits per heavy atom. The van der Waals surface area contributed by atoms with Crippen molar-refractivity contribution >= 4 is 28.0 Å². The Balaban J connectivity index is 1.91. The van der Waals surface area contributed by atoms with Gasteiger partial charge in [-0.1, -0.05) is 12.8 Å². The van der Waals surface area contributed by atoms with Crippen LogP contribution in [0.15, 0.2) is 10.7 Å². The zero-order valence-corrected chi connectivity index (χ0v) is 12.2. The van der Waals surface area contributed by atoms with Crippen LogP contribution in [-0.2, 0) is 0 Å². The fourth-order valence-corrected chi connectivity index (χ4v) is 3.05. The molecule has 1 saturated carbocycles. The van der Waals surface area contributed by atoms with E-state index in [4.69, 9.17) is 4.42 Å². The van der Waals surface area contributed by atoms with E-state index in [1.807, 2.05) is 13.8 Å². The fourth-order valence-electron chi connectivity index (χ4n) is 3.05. The monoisotopic (exact) mass is 283 g/mol. The van der Waals surface area contributed by atoms with Crippen molar-refractivity contribution in [2.75, 3.05) is 5.32 Å². The number of aromatic nitrogens is 4. The number of aryl methyl sites for hydroxylation is 2. The van der Waals surface area contributed by atoms with Crippen LogP contribution in [0.4, 0.5) is 5.82 Å². The molecule has 6 nitrogen and oxygen atoms in total. The molecule has 21 heavy (non-hydrogen) atoms. The molecular weight excluding hydrogens is 266 g/mol. The highest BCUT2D eigenvalue weighted by Gasteiger charge is 2.20. The van der Waals surface area contributed by atoms with Gasteiger partial charge in [-0.3, -0.25) is 0 Å². The second-order valence-electron chi connectivity index (χ2n) is 5.72. The number of nitrogens with zero attached hydrogens (tertiary/aromatic N) is 4. The molecule has 0 radical (unpaired) electrons. The lowest BCUT2D eigenvalue weighted by Gasteiger charge is -2.11. The number of hydrogen-bond donors (Lipinski definition) is 1. The minimum absolute atomic E-state index is 0.477. The van der Waals surface area contributed by atoms with Crippen LogP contribution < -0.4 is 5.32 Å². The van der Waals surface area contributed by atoms with Crippen molar-refractivity contribution in [2.24, 2.45) is 0 Å². The van der Waals surface area contributed by atoms with E-state index in [1.54, 1.807) is 6.33 Å². The van der Waals surface area contributed by atoms with Crippen LogP contribution in [-0.4, -0.2) is 26.2 Å². The SMILES string of the molecule is Cc1nnc2oc3c(NC4CCCC4)ncnc3c2c1C. The van der Waals surface area contributed by atoms with Gasteiger partial charge < -0.3 is 9.73 Å². The summed E-state index contributed by atoms with van der Waals surface area (Å²) in [6.07, 6.45) is 6.50. The average Bonchev–Trinajstić information content (AvgIpc) is 3.11. The number of rotatable bonds is 2. The Bertz CT molecular complexity index is 820. The minimum Gasteiger partial charge on any atom is -0.431 e. The van der Waals surface area contributed by atoms with Crippen molar-refractivity contribution in [1.82, 2.24) is 20.2 Å². The highest BCUT2D eigenvalue weighted by Crippen LogP contribution is 2.33. The van der Waals surface area contributed by atoms with Crippen molar-refractivity contribution in [1.29, 1.82) is 0 Å². The summed E-state index contributed by atoms with van der Waals surface area (Å²) >= 11 is 0. The maximum Gasteiger partial charge on any atom is 0.249 e. The molecule has 3 aromatic heterocycles. The van der Waals surface area contributed by atoms with E-state index in [0.717, 1.165) is 28.0 Å². The lowest BCUT2D eigenvalue weighted by Crippen LogP contribution is -2.15. The number of nitrogens with one attached hydrogen (secondary N) is 1. The Hall–Kier alpha value is -2.24. The van der Waals surface area contributed by atoms with E-state index >= 15 is 0 Å². The number of furan rings is 1. The Morgan fingerprint density at radius 2 is 1.95 bits per heavy atom. The minimum atomic E-state index is 0.477. The van der Waals surface area contributed by atoms with E-state index in [9.17, 15) is 0 Å². The molecule has 0 spiro atoms. The van der Waals surface area contributed by atoms with E-state index in [0.29, 0.717) is 17.3 Å². The summed E-state index contributed by atoms with van der Waals surface area (Å²) in [5.41, 5.74) is 3.99. The molecule has 1 aliphatic carbocycles. The molecule has 3 heterocycles. The standard InChI is InChI=1S/C15H17N5O/c1-8-9(2)19-20-15-11(8)12-13(21-15)14(17-7-16-12)18-10-5-3-4-6-10/h7,10H,3-6H2,1-2H3,(H,16,17,18). The van der Waals surface area contributed by atoms with Gasteiger partial charge in [-0.25, -0.2) is 9.97 Å². The Morgan fingerprint density at radius 3 is 2.76 bits per heavy atom. The molecule has 0 atom stereocenters. The molecule has 1 fully saturated rings. The number of hydrogen-bond acceptors (Lipinski definition) is 6. The zero-order valence-electron chi connectivity index (χ0n) is 12.2. The van der Waals surface area contributed by atoms with Crippen molar-refractivity contribution in [3.05, 3.63) is 17.6 Å². The van der Waals surface area contributed by atoms with Crippen LogP contribution in [0.1, 0.15) is 36.9 Å². The van der Waals surface area contributed by atoms with Crippen molar-refractivity contribution in [2.45, 2.75) is 45.6 Å². The first kappa shape index (κ1) is 12.5. The third-order valence-corrected chi connectivity index (χ3v) is 4.36. The summed E-state index contributed by atoms with van der Waals surface area (Å²) in [7, 11) is 0. The largest absolute Gasteiger partial charge is 0.431 e. The van der Waals surface area contributed by atoms with Gasteiger partial charge in [0.05, 0.1) is 11.1 Å². The molecule has 0 saturated heterocycles. The normalized spacial score (nSPS) is 16.1. The van der Waals surface area contributed by atoms with E-state index in [2.05, 4.69) is 25.5 Å². The van der Waals surface area contributed by atoms with Gasteiger partial charge in [0.1, 0.15) is 11.8 Å². The lowest BCUT2D eigenvalue weighted by molar-refractivity contribution is 0.639. The van der Waals surface area contributed by atoms with E-state index in [-0.39, 0.29) is 0 Å². The topological polar surface area (TPSA) is 76.7 Å². The van der Waals surface area contributed by atoms with Crippen LogP contribution in [0.5, 0.6) is 0 Å². The summed E-state index contributed by atoms with van der Waals surface area (Å²) in [6, 6.07) is 0.477. The molecule has 0 aromatic carbocycles. The first-order valence-electron chi connectivity index (χ1n) is 7.37. The van der Waals surface area contributed by atoms with Gasteiger partial charge in [0.2, 0.25) is 5.71 Å². The van der Waals surface area contributed by atoms with Gasteiger partial charge in [0.15, 0.2) is 11.4 Å². The molecule has 0 bridgehead atoms. The second kappa shape index (κ2) is 4.65. The van der Waals surface area contributed by atoms with Crippen molar-refractivity contribution < 1.29 is 4.42 Å². The highest BCUT2D eigenvalue weighted by molar-refractivity contribution is 6.05. The first-order chi connectivity index (χ1) is 10.2. The van der Waals surface area contributed by atoms with E-state index < -0.39 is 0 Å². The van der Waals surface area contributed by atoms with Gasteiger partial charge in [0.25, 0.3) is 0 Å². The summed E-state index contributed by atoms with van der Waals surface area (Å²) in [6.45, 7) is 3.97. The number of anilines is 1. The van der Waals surface area contributed by atoms with Gasteiger partial charge in [-0.2, -0.15) is 5.10 Å². The second-order valence-corrected chi connectivity index (χ2v) is 5.72. The highest BCUT2D eigenvalue weighted by atomic mass is 16.3. The van der Waals surface area contributed by atoms with Crippen LogP contribution in [0.2, 0.25) is 0 Å². The molecule has 3 aromatic rings. The van der Waals surface area contributed by atoms with Crippen LogP contribution >= 0.6 is 0 Å². The Kier molecular flexibility index (Phi) is 2.77. The van der Waals surface area contributed by atoms with E-state index in [1.165, 1.54) is 25.7 Å². The maximum atomic E-state index is 5.87. The summed E-state index contributed by atoms with van der Waals surface area (Å²) in [5.74, 6) is 0.766. The third-order valence-electron chi connectivity index (χ3n) is 4.36. The molecule has 0 unspecified atom stereocenters. The van der Waals surface area contributed by atoms with Crippen molar-refractivity contribution in [3.63, 3.8) is 0 Å². The predicted octanol–water partition coefficient (Wildman–Crippen LogP) is 3.14. The molecule has 108 valence electrons. The Labute approximate surface area is 122 Å². The van der Waals surface area contributed by atoms with Gasteiger partial charge in [-0.05, 0) is 32.3 Å². The number of fused-ring (bicyclic) bond motifs is 3. The average molecular weight is 283 g/mol. The summed E-state index contributed by atoms with van der Waals surface area (Å²) in [5, 5.41) is 12.7. The lowest BCUT2D eigenvalue weighted by atomic mass is 10.1. The van der Waals surface area contributed by atoms with Gasteiger partial charge >= 0.3 is 0 Å². The first-order valence-corrected chi connectivity index (χ1v) is 7.37. The summed E-state index contributed by atoms with van der Waals surface area (Å²) < 4.78 is 5.87. The molecule has 6 heteroatoms. The molecule has 0 amide bonds. The molecule has 1 N–H and O–H groups in total. The van der Waals surface area contributed by atoms with Crippen molar-refractivity contribution in [3.8, 4) is 0 Å².